The standard InChI is InChI=1S/C61H117N2O6P/c1-6-8-10-12-14-15-16-17-18-19-20-21-22-23-24-25-26-27-28-29-30-31-32-33-34-35-36-37-38-39-40-41-42-43-44-45-46-47-49-51-53-55-61(65)62-59(60(64)54-52-50-48-13-11-9-7-2)58-69-70(66,67)68-57-56-63(3,4)5/h8,10,14-15,17-18,20-21,59-60,64H,6-7,9,11-13,16,19,22-58H2,1-5H3,(H-,62,65,66,67)/b10-8-,15-14-,18-17-,21-20-. The number of hydrogen-bond donors (Lipinski definition) is 2. The number of amides is 1. The van der Waals surface area contributed by atoms with Crippen LogP contribution in [0.15, 0.2) is 48.6 Å². The highest BCUT2D eigenvalue weighted by Gasteiger charge is 2.24. The molecule has 0 radical (unpaired) electrons. The van der Waals surface area contributed by atoms with Crippen LogP contribution in [0.2, 0.25) is 0 Å². The minimum Gasteiger partial charge on any atom is -0.756 e. The molecule has 9 heteroatoms. The number of unbranched alkanes of at least 4 members (excludes halogenated alkanes) is 34. The second-order valence-corrected chi connectivity index (χ2v) is 23.1. The van der Waals surface area contributed by atoms with Gasteiger partial charge in [-0.05, 0) is 51.4 Å². The van der Waals surface area contributed by atoms with Gasteiger partial charge in [-0.1, -0.05) is 274 Å². The molecule has 0 aromatic rings. The largest absolute Gasteiger partial charge is 0.756 e. The average Bonchev–Trinajstić information content (AvgIpc) is 3.32. The van der Waals surface area contributed by atoms with E-state index in [-0.39, 0.29) is 19.1 Å². The maximum absolute atomic E-state index is 12.9. The van der Waals surface area contributed by atoms with Crippen molar-refractivity contribution in [2.75, 3.05) is 40.9 Å². The van der Waals surface area contributed by atoms with E-state index in [4.69, 9.17) is 9.05 Å². The number of aliphatic hydroxyl groups excluding tert-OH is 1. The molecule has 70 heavy (non-hydrogen) atoms. The van der Waals surface area contributed by atoms with Gasteiger partial charge in [-0.2, -0.15) is 0 Å². The summed E-state index contributed by atoms with van der Waals surface area (Å²) in [4.78, 5) is 25.3. The third kappa shape index (κ3) is 54.2. The molecule has 0 aliphatic rings. The summed E-state index contributed by atoms with van der Waals surface area (Å²) in [6, 6.07) is -0.795. The van der Waals surface area contributed by atoms with E-state index in [1.807, 2.05) is 21.1 Å². The molecule has 412 valence electrons. The minimum atomic E-state index is -4.56. The van der Waals surface area contributed by atoms with Crippen LogP contribution in [0.4, 0.5) is 0 Å². The first-order chi connectivity index (χ1) is 34.0. The van der Waals surface area contributed by atoms with Crippen LogP contribution in [0.25, 0.3) is 0 Å². The summed E-state index contributed by atoms with van der Waals surface area (Å²) < 4.78 is 23.2. The van der Waals surface area contributed by atoms with Crippen molar-refractivity contribution in [2.24, 2.45) is 0 Å². The lowest BCUT2D eigenvalue weighted by Crippen LogP contribution is -2.46. The predicted octanol–water partition coefficient (Wildman–Crippen LogP) is 17.7. The van der Waals surface area contributed by atoms with Gasteiger partial charge in [0.25, 0.3) is 7.82 Å². The van der Waals surface area contributed by atoms with Gasteiger partial charge >= 0.3 is 0 Å². The van der Waals surface area contributed by atoms with Crippen LogP contribution in [-0.4, -0.2) is 68.5 Å². The van der Waals surface area contributed by atoms with Gasteiger partial charge in [0.15, 0.2) is 0 Å². The van der Waals surface area contributed by atoms with Crippen LogP contribution in [0.3, 0.4) is 0 Å². The summed E-state index contributed by atoms with van der Waals surface area (Å²) in [5, 5.41) is 13.8. The first-order valence-electron chi connectivity index (χ1n) is 30.0. The zero-order chi connectivity index (χ0) is 51.3. The number of allylic oxidation sites excluding steroid dienone is 8. The maximum atomic E-state index is 12.9. The molecule has 0 aliphatic carbocycles. The third-order valence-electron chi connectivity index (χ3n) is 13.6. The Kier molecular flexibility index (Phi) is 51.2. The fourth-order valence-corrected chi connectivity index (χ4v) is 9.64. The fraction of sp³-hybridized carbons (Fsp3) is 0.852. The number of likely N-dealkylation sites (N-methyl/N-ethyl adjacent to an activating group) is 1. The SMILES string of the molecule is CC/C=C\C/C=C\C/C=C\C/C=C\CCCCCCCCCCCCCCCCCCCCCCCCCCCCCCC(=O)NC(COP(=O)([O-])OCC[N+](C)(C)C)C(O)CCCCCCCCC. The van der Waals surface area contributed by atoms with Crippen LogP contribution in [0.5, 0.6) is 0 Å². The Balaban J connectivity index is 3.69. The smallest absolute Gasteiger partial charge is 0.268 e. The van der Waals surface area contributed by atoms with E-state index < -0.39 is 20.0 Å². The molecule has 3 unspecified atom stereocenters. The monoisotopic (exact) mass is 1000 g/mol. The zero-order valence-corrected chi connectivity index (χ0v) is 47.9. The fourth-order valence-electron chi connectivity index (χ4n) is 8.92. The topological polar surface area (TPSA) is 108 Å². The molecule has 0 saturated carbocycles. The van der Waals surface area contributed by atoms with E-state index in [2.05, 4.69) is 67.8 Å². The Morgan fingerprint density at radius 2 is 0.871 bits per heavy atom. The van der Waals surface area contributed by atoms with E-state index in [1.165, 1.54) is 193 Å². The summed E-state index contributed by atoms with van der Waals surface area (Å²) in [6.45, 7) is 4.57. The second kappa shape index (κ2) is 52.3. The first kappa shape index (κ1) is 68.5. The van der Waals surface area contributed by atoms with Crippen molar-refractivity contribution in [1.82, 2.24) is 5.32 Å². The molecule has 0 aliphatic heterocycles. The highest BCUT2D eigenvalue weighted by molar-refractivity contribution is 7.45. The highest BCUT2D eigenvalue weighted by Crippen LogP contribution is 2.38. The molecule has 0 fully saturated rings. The van der Waals surface area contributed by atoms with E-state index in [1.54, 1.807) is 0 Å². The Morgan fingerprint density at radius 1 is 0.514 bits per heavy atom. The molecule has 0 aromatic heterocycles. The highest BCUT2D eigenvalue weighted by atomic mass is 31.2. The quantitative estimate of drug-likeness (QED) is 0.0272. The van der Waals surface area contributed by atoms with Crippen molar-refractivity contribution in [3.8, 4) is 0 Å². The molecular weight excluding hydrogens is 888 g/mol. The van der Waals surface area contributed by atoms with Crippen LogP contribution < -0.4 is 10.2 Å². The number of phosphoric acid groups is 1. The van der Waals surface area contributed by atoms with Gasteiger partial charge < -0.3 is 28.8 Å². The van der Waals surface area contributed by atoms with Gasteiger partial charge in [-0.25, -0.2) is 0 Å². The lowest BCUT2D eigenvalue weighted by atomic mass is 10.0. The average molecular weight is 1010 g/mol. The van der Waals surface area contributed by atoms with Crippen molar-refractivity contribution in [1.29, 1.82) is 0 Å². The molecule has 0 bridgehead atoms. The van der Waals surface area contributed by atoms with Crippen LogP contribution in [-0.2, 0) is 18.4 Å². The number of nitrogens with one attached hydrogen (secondary N) is 1. The molecule has 0 rings (SSSR count). The molecule has 0 spiro atoms. The number of rotatable bonds is 55. The Bertz CT molecular complexity index is 1280. The molecule has 0 aromatic carbocycles. The molecule has 2 N–H and O–H groups in total. The van der Waals surface area contributed by atoms with Crippen molar-refractivity contribution < 1.29 is 32.9 Å². The second-order valence-electron chi connectivity index (χ2n) is 21.7. The molecule has 8 nitrogen and oxygen atoms in total. The van der Waals surface area contributed by atoms with Gasteiger partial charge in [0, 0.05) is 6.42 Å². The van der Waals surface area contributed by atoms with Gasteiger partial charge in [-0.15, -0.1) is 0 Å². The van der Waals surface area contributed by atoms with E-state index in [0.29, 0.717) is 23.9 Å². The van der Waals surface area contributed by atoms with Crippen LogP contribution in [0.1, 0.15) is 284 Å². The maximum Gasteiger partial charge on any atom is 0.268 e. The van der Waals surface area contributed by atoms with Crippen molar-refractivity contribution in [3.63, 3.8) is 0 Å². The summed E-state index contributed by atoms with van der Waals surface area (Å²) in [5.41, 5.74) is 0. The number of carbonyl (C=O) groups is 1. The molecule has 1 amide bonds. The summed E-state index contributed by atoms with van der Waals surface area (Å²) in [7, 11) is 1.31. The molecule has 0 saturated heterocycles. The molecular formula is C61H117N2O6P. The van der Waals surface area contributed by atoms with Gasteiger partial charge in [-0.3, -0.25) is 9.36 Å². The summed E-state index contributed by atoms with van der Waals surface area (Å²) in [6.07, 6.45) is 69.3. The van der Waals surface area contributed by atoms with Crippen molar-refractivity contribution in [2.45, 2.75) is 296 Å². The number of quaternary nitrogens is 1. The van der Waals surface area contributed by atoms with E-state index in [0.717, 1.165) is 64.2 Å². The van der Waals surface area contributed by atoms with Gasteiger partial charge in [0.05, 0.1) is 39.9 Å². The number of aliphatic hydroxyl groups is 1. The molecule has 3 atom stereocenters. The Labute approximate surface area is 435 Å². The van der Waals surface area contributed by atoms with E-state index in [9.17, 15) is 19.4 Å². The minimum absolute atomic E-state index is 0.0135. The number of phosphoric ester groups is 1. The normalized spacial score (nSPS) is 14.2. The van der Waals surface area contributed by atoms with Crippen molar-refractivity contribution in [3.05, 3.63) is 48.6 Å². The Hall–Kier alpha value is -1.54. The summed E-state index contributed by atoms with van der Waals surface area (Å²) >= 11 is 0. The third-order valence-corrected chi connectivity index (χ3v) is 14.5. The lowest BCUT2D eigenvalue weighted by Gasteiger charge is -2.30. The van der Waals surface area contributed by atoms with Gasteiger partial charge in [0.1, 0.15) is 13.2 Å². The van der Waals surface area contributed by atoms with Crippen LogP contribution in [0, 0.1) is 0 Å². The Morgan fingerprint density at radius 3 is 1.27 bits per heavy atom. The summed E-state index contributed by atoms with van der Waals surface area (Å²) in [5.74, 6) is -0.164. The lowest BCUT2D eigenvalue weighted by molar-refractivity contribution is -0.870. The zero-order valence-electron chi connectivity index (χ0n) is 47.0. The first-order valence-corrected chi connectivity index (χ1v) is 31.4. The molecule has 0 heterocycles. The van der Waals surface area contributed by atoms with Crippen molar-refractivity contribution >= 4 is 13.7 Å². The number of carbonyl (C=O) groups excluding carboxylic acids is 1. The van der Waals surface area contributed by atoms with E-state index >= 15 is 0 Å². The predicted molar refractivity (Wildman–Crippen MR) is 302 cm³/mol. The number of nitrogens with zero attached hydrogens (tertiary/aromatic N) is 1. The number of hydrogen-bond acceptors (Lipinski definition) is 6. The van der Waals surface area contributed by atoms with Crippen LogP contribution >= 0.6 is 7.82 Å². The van der Waals surface area contributed by atoms with Gasteiger partial charge in [0.2, 0.25) is 5.91 Å².